The van der Waals surface area contributed by atoms with Gasteiger partial charge in [0.15, 0.2) is 0 Å². The second-order valence-electron chi connectivity index (χ2n) is 4.75. The van der Waals surface area contributed by atoms with Crippen LogP contribution in [0, 0.1) is 12.7 Å². The van der Waals surface area contributed by atoms with Crippen LogP contribution in [0.15, 0.2) is 42.5 Å². The largest absolute Gasteiger partial charge is 0.306 e. The molecule has 0 spiro atoms. The van der Waals surface area contributed by atoms with Gasteiger partial charge < -0.3 is 5.32 Å². The van der Waals surface area contributed by atoms with Crippen LogP contribution in [-0.2, 0) is 6.54 Å². The predicted octanol–water partition coefficient (Wildman–Crippen LogP) is 4.64. The van der Waals surface area contributed by atoms with Crippen molar-refractivity contribution in [3.63, 3.8) is 0 Å². The Bertz CT molecular complexity index is 551. The van der Waals surface area contributed by atoms with Crippen LogP contribution >= 0.6 is 11.6 Å². The third-order valence-electron chi connectivity index (χ3n) is 3.19. The summed E-state index contributed by atoms with van der Waals surface area (Å²) in [6.07, 6.45) is 0. The van der Waals surface area contributed by atoms with Crippen molar-refractivity contribution >= 4 is 11.6 Å². The molecule has 2 aromatic carbocycles. The molecule has 0 heterocycles. The number of aryl methyl sites for hydroxylation is 1. The highest BCUT2D eigenvalue weighted by molar-refractivity contribution is 6.31. The number of nitrogens with one attached hydrogen (secondary N) is 1. The van der Waals surface area contributed by atoms with Gasteiger partial charge in [-0.1, -0.05) is 47.5 Å². The van der Waals surface area contributed by atoms with E-state index in [1.54, 1.807) is 6.07 Å². The van der Waals surface area contributed by atoms with E-state index in [1.807, 2.05) is 0 Å². The normalized spacial score (nSPS) is 12.4. The van der Waals surface area contributed by atoms with E-state index in [2.05, 4.69) is 43.4 Å². The van der Waals surface area contributed by atoms with Crippen molar-refractivity contribution in [2.45, 2.75) is 26.4 Å². The van der Waals surface area contributed by atoms with Crippen LogP contribution in [-0.4, -0.2) is 0 Å². The highest BCUT2D eigenvalue weighted by Crippen LogP contribution is 2.19. The van der Waals surface area contributed by atoms with Crippen molar-refractivity contribution in [2.24, 2.45) is 0 Å². The average Bonchev–Trinajstić information content (AvgIpc) is 2.38. The number of rotatable bonds is 4. The molecule has 100 valence electrons. The van der Waals surface area contributed by atoms with Crippen molar-refractivity contribution in [3.05, 3.63) is 70.0 Å². The summed E-state index contributed by atoms with van der Waals surface area (Å²) in [5.41, 5.74) is 3.38. The molecule has 0 bridgehead atoms. The molecule has 0 unspecified atom stereocenters. The SMILES string of the molecule is Cc1ccc([C@@H](C)NCc2ccc(F)cc2Cl)cc1. The van der Waals surface area contributed by atoms with Gasteiger partial charge in [0.05, 0.1) is 0 Å². The highest BCUT2D eigenvalue weighted by atomic mass is 35.5. The molecule has 0 aliphatic rings. The van der Waals surface area contributed by atoms with Crippen LogP contribution in [0.2, 0.25) is 5.02 Å². The van der Waals surface area contributed by atoms with E-state index in [1.165, 1.54) is 23.3 Å². The molecule has 0 fully saturated rings. The second-order valence-corrected chi connectivity index (χ2v) is 5.16. The quantitative estimate of drug-likeness (QED) is 0.858. The van der Waals surface area contributed by atoms with Gasteiger partial charge in [-0.05, 0) is 37.1 Å². The molecule has 2 rings (SSSR count). The van der Waals surface area contributed by atoms with Crippen LogP contribution in [0.1, 0.15) is 29.7 Å². The zero-order valence-electron chi connectivity index (χ0n) is 11.1. The predicted molar refractivity (Wildman–Crippen MR) is 77.8 cm³/mol. The standard InChI is InChI=1S/C16H17ClFN/c1-11-3-5-13(6-4-11)12(2)19-10-14-7-8-15(18)9-16(14)17/h3-9,12,19H,10H2,1-2H3/t12-/m1/s1. The van der Waals surface area contributed by atoms with Crippen molar-refractivity contribution in [1.82, 2.24) is 5.32 Å². The van der Waals surface area contributed by atoms with Crippen molar-refractivity contribution in [2.75, 3.05) is 0 Å². The number of benzene rings is 2. The Morgan fingerprint density at radius 3 is 2.47 bits per heavy atom. The van der Waals surface area contributed by atoms with Crippen LogP contribution in [0.5, 0.6) is 0 Å². The molecule has 0 aliphatic carbocycles. The van der Waals surface area contributed by atoms with E-state index in [-0.39, 0.29) is 11.9 Å². The first-order valence-electron chi connectivity index (χ1n) is 6.30. The second kappa shape index (κ2) is 6.18. The van der Waals surface area contributed by atoms with Gasteiger partial charge in [-0.3, -0.25) is 0 Å². The number of hydrogen-bond acceptors (Lipinski definition) is 1. The molecule has 0 saturated heterocycles. The van der Waals surface area contributed by atoms with Gasteiger partial charge in [-0.15, -0.1) is 0 Å². The Morgan fingerprint density at radius 1 is 1.16 bits per heavy atom. The zero-order valence-corrected chi connectivity index (χ0v) is 11.8. The summed E-state index contributed by atoms with van der Waals surface area (Å²) in [6.45, 7) is 4.79. The monoisotopic (exact) mass is 277 g/mol. The van der Waals surface area contributed by atoms with Gasteiger partial charge in [0.2, 0.25) is 0 Å². The summed E-state index contributed by atoms with van der Waals surface area (Å²) >= 11 is 6.00. The minimum atomic E-state index is -0.305. The minimum Gasteiger partial charge on any atom is -0.306 e. The molecule has 1 atom stereocenters. The summed E-state index contributed by atoms with van der Waals surface area (Å²) in [4.78, 5) is 0. The van der Waals surface area contributed by atoms with Crippen LogP contribution in [0.25, 0.3) is 0 Å². The maximum absolute atomic E-state index is 12.9. The van der Waals surface area contributed by atoms with Crippen molar-refractivity contribution in [1.29, 1.82) is 0 Å². The fourth-order valence-corrected chi connectivity index (χ4v) is 2.14. The first kappa shape index (κ1) is 14.0. The van der Waals surface area contributed by atoms with E-state index >= 15 is 0 Å². The van der Waals surface area contributed by atoms with Crippen molar-refractivity contribution in [3.8, 4) is 0 Å². The smallest absolute Gasteiger partial charge is 0.124 e. The molecule has 0 saturated carbocycles. The number of hydrogen-bond donors (Lipinski definition) is 1. The van der Waals surface area contributed by atoms with Crippen LogP contribution < -0.4 is 5.32 Å². The zero-order chi connectivity index (χ0) is 13.8. The fraction of sp³-hybridized carbons (Fsp3) is 0.250. The lowest BCUT2D eigenvalue weighted by molar-refractivity contribution is 0.573. The molecule has 1 nitrogen and oxygen atoms in total. The van der Waals surface area contributed by atoms with E-state index in [0.717, 1.165) is 5.56 Å². The molecule has 0 radical (unpaired) electrons. The third-order valence-corrected chi connectivity index (χ3v) is 3.54. The molecule has 0 aliphatic heterocycles. The molecule has 1 N–H and O–H groups in total. The molecule has 19 heavy (non-hydrogen) atoms. The Balaban J connectivity index is 2.00. The molecular weight excluding hydrogens is 261 g/mol. The number of halogens is 2. The molecule has 0 aromatic heterocycles. The molecule has 3 heteroatoms. The lowest BCUT2D eigenvalue weighted by Crippen LogP contribution is -2.18. The lowest BCUT2D eigenvalue weighted by atomic mass is 10.1. The maximum Gasteiger partial charge on any atom is 0.124 e. The van der Waals surface area contributed by atoms with Gasteiger partial charge in [0.1, 0.15) is 5.82 Å². The fourth-order valence-electron chi connectivity index (χ4n) is 1.90. The summed E-state index contributed by atoms with van der Waals surface area (Å²) in [7, 11) is 0. The summed E-state index contributed by atoms with van der Waals surface area (Å²) < 4.78 is 12.9. The first-order valence-corrected chi connectivity index (χ1v) is 6.68. The highest BCUT2D eigenvalue weighted by Gasteiger charge is 2.06. The summed E-state index contributed by atoms with van der Waals surface area (Å²) in [5, 5.41) is 3.85. The van der Waals surface area contributed by atoms with Crippen LogP contribution in [0.3, 0.4) is 0 Å². The minimum absolute atomic E-state index is 0.224. The Kier molecular flexibility index (Phi) is 4.56. The Labute approximate surface area is 118 Å². The first-order chi connectivity index (χ1) is 9.06. The van der Waals surface area contributed by atoms with Gasteiger partial charge >= 0.3 is 0 Å². The molecule has 2 aromatic rings. The maximum atomic E-state index is 12.9. The lowest BCUT2D eigenvalue weighted by Gasteiger charge is -2.15. The average molecular weight is 278 g/mol. The van der Waals surface area contributed by atoms with E-state index in [9.17, 15) is 4.39 Å². The van der Waals surface area contributed by atoms with Gasteiger partial charge in [-0.2, -0.15) is 0 Å². The third kappa shape index (κ3) is 3.79. The van der Waals surface area contributed by atoms with Crippen LogP contribution in [0.4, 0.5) is 4.39 Å². The van der Waals surface area contributed by atoms with Gasteiger partial charge in [0, 0.05) is 17.6 Å². The molecule has 0 amide bonds. The molecular formula is C16H17ClFN. The summed E-state index contributed by atoms with van der Waals surface area (Å²) in [6, 6.07) is 13.1. The Hall–Kier alpha value is -1.38. The van der Waals surface area contributed by atoms with Gasteiger partial charge in [-0.25, -0.2) is 4.39 Å². The summed E-state index contributed by atoms with van der Waals surface area (Å²) in [5.74, 6) is -0.305. The van der Waals surface area contributed by atoms with E-state index < -0.39 is 0 Å². The van der Waals surface area contributed by atoms with Gasteiger partial charge in [0.25, 0.3) is 0 Å². The topological polar surface area (TPSA) is 12.0 Å². The van der Waals surface area contributed by atoms with E-state index in [4.69, 9.17) is 11.6 Å². The Morgan fingerprint density at radius 2 is 1.84 bits per heavy atom. The van der Waals surface area contributed by atoms with E-state index in [0.29, 0.717) is 11.6 Å². The van der Waals surface area contributed by atoms with Crippen molar-refractivity contribution < 1.29 is 4.39 Å².